The summed E-state index contributed by atoms with van der Waals surface area (Å²) in [4.78, 5) is 8.05. The number of benzene rings is 2. The summed E-state index contributed by atoms with van der Waals surface area (Å²) in [5, 5.41) is 15.0. The van der Waals surface area contributed by atoms with Crippen molar-refractivity contribution in [2.24, 2.45) is 0 Å². The maximum Gasteiger partial charge on any atom is 0.134 e. The van der Waals surface area contributed by atoms with Gasteiger partial charge in [0.1, 0.15) is 30.3 Å². The normalized spacial score (nSPS) is 12.9. The zero-order valence-corrected chi connectivity index (χ0v) is 18.2. The molecule has 4 rings (SSSR count). The van der Waals surface area contributed by atoms with E-state index in [4.69, 9.17) is 10.1 Å². The molecule has 0 amide bonds. The zero-order chi connectivity index (χ0) is 22.5. The lowest BCUT2D eigenvalue weighted by atomic mass is 9.98. The molecule has 0 bridgehead atoms. The van der Waals surface area contributed by atoms with Crippen molar-refractivity contribution < 1.29 is 9.13 Å². The Hall–Kier alpha value is -3.74. The molecule has 0 atom stereocenters. The van der Waals surface area contributed by atoms with Crippen LogP contribution in [0.1, 0.15) is 42.1 Å². The third kappa shape index (κ3) is 4.77. The van der Waals surface area contributed by atoms with Crippen LogP contribution >= 0.6 is 0 Å². The molecule has 0 radical (unpaired) electrons. The van der Waals surface area contributed by atoms with Crippen molar-refractivity contribution in [2.75, 3.05) is 13.1 Å². The molecule has 1 aromatic heterocycles. The van der Waals surface area contributed by atoms with Crippen molar-refractivity contribution in [2.45, 2.75) is 26.4 Å². The number of rotatable bonds is 7. The molecule has 7 heteroatoms. The fraction of sp³-hybridized carbons (Fsp3) is 0.240. The van der Waals surface area contributed by atoms with Gasteiger partial charge in [-0.2, -0.15) is 0 Å². The second-order valence-electron chi connectivity index (χ2n) is 7.90. The molecule has 3 N–H and O–H groups in total. The van der Waals surface area contributed by atoms with Crippen LogP contribution in [-0.2, 0) is 6.61 Å². The van der Waals surface area contributed by atoms with E-state index < -0.39 is 5.82 Å². The molecule has 0 unspecified atom stereocenters. The van der Waals surface area contributed by atoms with Gasteiger partial charge in [-0.05, 0) is 35.2 Å². The molecule has 1 saturated heterocycles. The van der Waals surface area contributed by atoms with E-state index in [0.717, 1.165) is 5.56 Å². The molecule has 164 valence electrons. The van der Waals surface area contributed by atoms with Crippen LogP contribution in [0, 0.1) is 11.2 Å². The minimum atomic E-state index is -0.463. The van der Waals surface area contributed by atoms with E-state index in [9.17, 15) is 0 Å². The number of nitrogens with zero attached hydrogens (tertiary/aromatic N) is 2. The van der Waals surface area contributed by atoms with Crippen LogP contribution in [0.4, 0.5) is 4.39 Å². The summed E-state index contributed by atoms with van der Waals surface area (Å²) in [5.74, 6) is 1.06. The van der Waals surface area contributed by atoms with Gasteiger partial charge in [-0.1, -0.05) is 38.1 Å². The van der Waals surface area contributed by atoms with E-state index in [1.165, 1.54) is 18.0 Å². The smallest absolute Gasteiger partial charge is 0.134 e. The maximum absolute atomic E-state index is 15.2. The number of allylic oxidation sites excluding steroid dienone is 1. The van der Waals surface area contributed by atoms with Gasteiger partial charge in [-0.3, -0.25) is 5.41 Å². The van der Waals surface area contributed by atoms with Gasteiger partial charge in [0.15, 0.2) is 0 Å². The number of hydrogen-bond acceptors (Lipinski definition) is 6. The van der Waals surface area contributed by atoms with Crippen LogP contribution in [-0.4, -0.2) is 28.8 Å². The van der Waals surface area contributed by atoms with E-state index in [-0.39, 0.29) is 5.71 Å². The summed E-state index contributed by atoms with van der Waals surface area (Å²) in [6, 6.07) is 14.6. The third-order valence-electron chi connectivity index (χ3n) is 5.33. The average Bonchev–Trinajstić information content (AvgIpc) is 3.34. The van der Waals surface area contributed by atoms with Crippen LogP contribution in [0.15, 0.2) is 66.9 Å². The van der Waals surface area contributed by atoms with Gasteiger partial charge in [0.25, 0.3) is 0 Å². The number of ether oxygens (including phenoxy) is 1. The van der Waals surface area contributed by atoms with E-state index in [1.807, 2.05) is 12.1 Å². The number of nitrogens with one attached hydrogen (secondary N) is 3. The lowest BCUT2D eigenvalue weighted by Gasteiger charge is -2.15. The zero-order valence-electron chi connectivity index (χ0n) is 18.2. The fourth-order valence-electron chi connectivity index (χ4n) is 3.53. The van der Waals surface area contributed by atoms with Crippen LogP contribution in [0.25, 0.3) is 5.57 Å². The van der Waals surface area contributed by atoms with Gasteiger partial charge in [0.05, 0.1) is 17.0 Å². The van der Waals surface area contributed by atoms with E-state index in [1.54, 1.807) is 24.4 Å². The molecule has 0 spiro atoms. The van der Waals surface area contributed by atoms with Gasteiger partial charge in [-0.25, -0.2) is 14.4 Å². The highest BCUT2D eigenvalue weighted by atomic mass is 19.1. The van der Waals surface area contributed by atoms with Crippen molar-refractivity contribution in [3.8, 4) is 5.75 Å². The van der Waals surface area contributed by atoms with Crippen molar-refractivity contribution in [1.82, 2.24) is 20.6 Å². The van der Waals surface area contributed by atoms with Crippen molar-refractivity contribution >= 4 is 11.3 Å². The van der Waals surface area contributed by atoms with E-state index >= 15 is 4.39 Å². The lowest BCUT2D eigenvalue weighted by Crippen LogP contribution is -2.19. The predicted octanol–water partition coefficient (Wildman–Crippen LogP) is 4.25. The molecule has 2 heterocycles. The van der Waals surface area contributed by atoms with Crippen molar-refractivity contribution in [3.63, 3.8) is 0 Å². The fourth-order valence-corrected chi connectivity index (χ4v) is 3.53. The molecule has 1 aliphatic heterocycles. The second-order valence-corrected chi connectivity index (χ2v) is 7.90. The van der Waals surface area contributed by atoms with E-state index in [0.29, 0.717) is 54.0 Å². The predicted molar refractivity (Wildman–Crippen MR) is 123 cm³/mol. The van der Waals surface area contributed by atoms with E-state index in [2.05, 4.69) is 46.6 Å². The monoisotopic (exact) mass is 431 g/mol. The van der Waals surface area contributed by atoms with Crippen molar-refractivity contribution in [3.05, 3.63) is 95.1 Å². The first-order valence-corrected chi connectivity index (χ1v) is 10.6. The number of halogens is 1. The highest BCUT2D eigenvalue weighted by molar-refractivity contribution is 6.30. The maximum atomic E-state index is 15.2. The molecule has 3 aromatic rings. The Morgan fingerprint density at radius 3 is 2.47 bits per heavy atom. The minimum Gasteiger partial charge on any atom is -0.489 e. The van der Waals surface area contributed by atoms with Gasteiger partial charge < -0.3 is 15.4 Å². The summed E-state index contributed by atoms with van der Waals surface area (Å²) >= 11 is 0. The van der Waals surface area contributed by atoms with Gasteiger partial charge >= 0.3 is 0 Å². The molecule has 2 aromatic carbocycles. The molecule has 6 nitrogen and oxygen atoms in total. The van der Waals surface area contributed by atoms with Crippen LogP contribution in [0.3, 0.4) is 0 Å². The molecule has 32 heavy (non-hydrogen) atoms. The van der Waals surface area contributed by atoms with Crippen LogP contribution in [0.2, 0.25) is 0 Å². The quantitative estimate of drug-likeness (QED) is 0.487. The standard InChI is InChI=1S/C25H26FN5O/c1-16(2)18-5-3-17(4-6-18)14-32-19-7-8-20(21(26)13-19)23(25-29-11-12-30-25)24(27)22-9-10-28-15-31-22/h3-10,13,15-16,27,29-30H,11-12,14H2,1-2H3. The molecule has 1 aliphatic rings. The summed E-state index contributed by atoms with van der Waals surface area (Å²) in [5.41, 5.74) is 3.55. The van der Waals surface area contributed by atoms with Gasteiger partial charge in [0, 0.05) is 30.9 Å². The Bertz CT molecular complexity index is 1120. The Morgan fingerprint density at radius 1 is 1.09 bits per heavy atom. The summed E-state index contributed by atoms with van der Waals surface area (Å²) in [7, 11) is 0. The Kier molecular flexibility index (Phi) is 6.44. The van der Waals surface area contributed by atoms with Gasteiger partial charge in [0.2, 0.25) is 0 Å². The van der Waals surface area contributed by atoms with Gasteiger partial charge in [-0.15, -0.1) is 0 Å². The Labute approximate surface area is 187 Å². The first-order valence-electron chi connectivity index (χ1n) is 10.6. The molecule has 0 saturated carbocycles. The summed E-state index contributed by atoms with van der Waals surface area (Å²) in [6.07, 6.45) is 2.94. The SMILES string of the molecule is CC(C)c1ccc(COc2ccc(C(C(=N)c3ccncn3)=C3NCCN3)c(F)c2)cc1. The lowest BCUT2D eigenvalue weighted by molar-refractivity contribution is 0.304. The largest absolute Gasteiger partial charge is 0.489 e. The molecule has 0 aliphatic carbocycles. The first-order chi connectivity index (χ1) is 15.5. The van der Waals surface area contributed by atoms with Crippen molar-refractivity contribution in [1.29, 1.82) is 5.41 Å². The Morgan fingerprint density at radius 2 is 1.84 bits per heavy atom. The summed E-state index contributed by atoms with van der Waals surface area (Å²) < 4.78 is 21.0. The minimum absolute atomic E-state index is 0.113. The number of hydrogen-bond donors (Lipinski definition) is 3. The highest BCUT2D eigenvalue weighted by Gasteiger charge is 2.22. The molecule has 1 fully saturated rings. The molecular formula is C25H26FN5O. The highest BCUT2D eigenvalue weighted by Crippen LogP contribution is 2.28. The second kappa shape index (κ2) is 9.60. The number of aromatic nitrogens is 2. The van der Waals surface area contributed by atoms with Crippen LogP contribution < -0.4 is 15.4 Å². The first kappa shape index (κ1) is 21.5. The third-order valence-corrected chi connectivity index (χ3v) is 5.33. The van der Waals surface area contributed by atoms with Crippen LogP contribution in [0.5, 0.6) is 5.75 Å². The summed E-state index contributed by atoms with van der Waals surface area (Å²) in [6.45, 7) is 6.06. The topological polar surface area (TPSA) is 82.9 Å². The molecular weight excluding hydrogens is 405 g/mol. The average molecular weight is 432 g/mol. The Balaban J connectivity index is 1.56.